The van der Waals surface area contributed by atoms with E-state index in [1.807, 2.05) is 0 Å². The molecule has 92 valence electrons. The number of likely N-dealkylation sites (N-methyl/N-ethyl adjacent to an activating group) is 1. The largest absolute Gasteiger partial charge is 0.298 e. The van der Waals surface area contributed by atoms with Crippen LogP contribution < -0.4 is 0 Å². The average molecular weight is 223 g/mol. The van der Waals surface area contributed by atoms with Crippen molar-refractivity contribution in [2.45, 2.75) is 57.9 Å². The molecule has 0 bridgehead atoms. The number of hydrogen-bond acceptors (Lipinski definition) is 2. The number of nitrogens with zero attached hydrogens (tertiary/aromatic N) is 1. The number of carbonyl (C=O) groups excluding carboxylic acids is 1. The van der Waals surface area contributed by atoms with Crippen molar-refractivity contribution < 1.29 is 4.79 Å². The van der Waals surface area contributed by atoms with Gasteiger partial charge >= 0.3 is 0 Å². The monoisotopic (exact) mass is 223 g/mol. The van der Waals surface area contributed by atoms with Gasteiger partial charge in [0.05, 0.1) is 6.54 Å². The predicted octanol–water partition coefficient (Wildman–Crippen LogP) is 2.87. The van der Waals surface area contributed by atoms with Gasteiger partial charge < -0.3 is 0 Å². The van der Waals surface area contributed by atoms with Crippen molar-refractivity contribution in [1.82, 2.24) is 4.90 Å². The van der Waals surface area contributed by atoms with E-state index in [4.69, 9.17) is 0 Å². The van der Waals surface area contributed by atoms with Crippen LogP contribution in [0.25, 0.3) is 0 Å². The van der Waals surface area contributed by atoms with E-state index in [2.05, 4.69) is 18.9 Å². The van der Waals surface area contributed by atoms with Crippen LogP contribution >= 0.6 is 0 Å². The maximum atomic E-state index is 12.1. The fraction of sp³-hybridized carbons (Fsp3) is 0.929. The molecular weight excluding hydrogens is 198 g/mol. The Hall–Kier alpha value is -0.370. The summed E-state index contributed by atoms with van der Waals surface area (Å²) in [7, 11) is 2.11. The van der Waals surface area contributed by atoms with Gasteiger partial charge in [-0.25, -0.2) is 0 Å². The highest BCUT2D eigenvalue weighted by atomic mass is 16.1. The zero-order valence-corrected chi connectivity index (χ0v) is 10.7. The smallest absolute Gasteiger partial charge is 0.149 e. The Morgan fingerprint density at radius 3 is 2.38 bits per heavy atom. The number of ketones is 1. The van der Waals surface area contributed by atoms with Crippen LogP contribution in [-0.4, -0.2) is 30.3 Å². The van der Waals surface area contributed by atoms with Gasteiger partial charge in [-0.1, -0.05) is 19.3 Å². The normalized spacial score (nSPS) is 24.7. The van der Waals surface area contributed by atoms with E-state index in [1.165, 1.54) is 32.1 Å². The third-order valence-corrected chi connectivity index (χ3v) is 4.47. The number of carbonyl (C=O) groups is 1. The average Bonchev–Trinajstić information content (AvgIpc) is 3.13. The molecule has 0 aliphatic heterocycles. The van der Waals surface area contributed by atoms with Crippen LogP contribution in [0.1, 0.15) is 51.9 Å². The summed E-state index contributed by atoms with van der Waals surface area (Å²) in [5.74, 6) is 1.74. The molecule has 1 unspecified atom stereocenters. The molecule has 0 aromatic carbocycles. The summed E-state index contributed by atoms with van der Waals surface area (Å²) in [6.45, 7) is 2.95. The third-order valence-electron chi connectivity index (χ3n) is 4.47. The van der Waals surface area contributed by atoms with E-state index in [0.717, 1.165) is 18.8 Å². The minimum atomic E-state index is 0.377. The minimum Gasteiger partial charge on any atom is -0.298 e. The molecule has 0 spiro atoms. The quantitative estimate of drug-likeness (QED) is 0.714. The first-order valence-electron chi connectivity index (χ1n) is 6.91. The molecule has 0 aromatic rings. The van der Waals surface area contributed by atoms with Crippen molar-refractivity contribution in [2.24, 2.45) is 11.8 Å². The second-order valence-corrected chi connectivity index (χ2v) is 5.79. The number of hydrogen-bond donors (Lipinski definition) is 0. The standard InChI is InChI=1S/C14H25NO/c1-11(12-8-9-12)15(2)10-14(16)13-6-4-3-5-7-13/h11-13H,3-10H2,1-2H3. The summed E-state index contributed by atoms with van der Waals surface area (Å²) >= 11 is 0. The second-order valence-electron chi connectivity index (χ2n) is 5.79. The number of rotatable bonds is 5. The first kappa shape index (κ1) is 12.1. The summed E-state index contributed by atoms with van der Waals surface area (Å²) < 4.78 is 0. The Balaban J connectivity index is 1.76. The van der Waals surface area contributed by atoms with Crippen molar-refractivity contribution in [3.63, 3.8) is 0 Å². The minimum absolute atomic E-state index is 0.377. The molecule has 2 aliphatic carbocycles. The van der Waals surface area contributed by atoms with Gasteiger partial charge in [0.15, 0.2) is 0 Å². The van der Waals surface area contributed by atoms with E-state index in [1.54, 1.807) is 0 Å². The van der Waals surface area contributed by atoms with Crippen LogP contribution in [0, 0.1) is 11.8 Å². The lowest BCUT2D eigenvalue weighted by atomic mass is 9.86. The van der Waals surface area contributed by atoms with Crippen molar-refractivity contribution in [2.75, 3.05) is 13.6 Å². The van der Waals surface area contributed by atoms with Gasteiger partial charge in [0.2, 0.25) is 0 Å². The molecule has 0 aromatic heterocycles. The van der Waals surface area contributed by atoms with Gasteiger partial charge in [0, 0.05) is 12.0 Å². The van der Waals surface area contributed by atoms with E-state index in [0.29, 0.717) is 24.3 Å². The molecule has 2 rings (SSSR count). The van der Waals surface area contributed by atoms with Crippen molar-refractivity contribution >= 4 is 5.78 Å². The molecule has 2 saturated carbocycles. The lowest BCUT2D eigenvalue weighted by Crippen LogP contribution is -2.37. The van der Waals surface area contributed by atoms with Crippen LogP contribution in [-0.2, 0) is 4.79 Å². The van der Waals surface area contributed by atoms with Gasteiger partial charge in [-0.3, -0.25) is 9.69 Å². The molecular formula is C14H25NO. The Kier molecular flexibility index (Phi) is 4.01. The Bertz CT molecular complexity index is 241. The molecule has 0 amide bonds. The Labute approximate surface area is 99.4 Å². The van der Waals surface area contributed by atoms with Crippen molar-refractivity contribution in [3.8, 4) is 0 Å². The molecule has 2 heteroatoms. The maximum absolute atomic E-state index is 12.1. The topological polar surface area (TPSA) is 20.3 Å². The molecule has 0 heterocycles. The highest BCUT2D eigenvalue weighted by Gasteiger charge is 2.32. The summed E-state index contributed by atoms with van der Waals surface area (Å²) in [5.41, 5.74) is 0. The highest BCUT2D eigenvalue weighted by Crippen LogP contribution is 2.34. The molecule has 0 N–H and O–H groups in total. The first-order valence-corrected chi connectivity index (χ1v) is 6.91. The van der Waals surface area contributed by atoms with Crippen LogP contribution in [0.4, 0.5) is 0 Å². The summed E-state index contributed by atoms with van der Waals surface area (Å²) in [4.78, 5) is 14.4. The Morgan fingerprint density at radius 2 is 1.81 bits per heavy atom. The molecule has 2 aliphatic rings. The molecule has 0 radical (unpaired) electrons. The van der Waals surface area contributed by atoms with E-state index < -0.39 is 0 Å². The predicted molar refractivity (Wildman–Crippen MR) is 66.4 cm³/mol. The Morgan fingerprint density at radius 1 is 1.19 bits per heavy atom. The summed E-state index contributed by atoms with van der Waals surface area (Å²) in [6.07, 6.45) is 8.87. The fourth-order valence-electron chi connectivity index (χ4n) is 2.88. The summed E-state index contributed by atoms with van der Waals surface area (Å²) in [5, 5.41) is 0. The van der Waals surface area contributed by atoms with Gasteiger partial charge in [-0.15, -0.1) is 0 Å². The molecule has 1 atom stereocenters. The third kappa shape index (κ3) is 3.07. The maximum Gasteiger partial charge on any atom is 0.149 e. The highest BCUT2D eigenvalue weighted by molar-refractivity contribution is 5.83. The fourth-order valence-corrected chi connectivity index (χ4v) is 2.88. The molecule has 2 fully saturated rings. The van der Waals surface area contributed by atoms with Gasteiger partial charge in [-0.05, 0) is 45.6 Å². The van der Waals surface area contributed by atoms with Crippen LogP contribution in [0.15, 0.2) is 0 Å². The lowest BCUT2D eigenvalue weighted by Gasteiger charge is -2.27. The molecule has 0 saturated heterocycles. The second kappa shape index (κ2) is 5.31. The van der Waals surface area contributed by atoms with Gasteiger partial charge in [-0.2, -0.15) is 0 Å². The van der Waals surface area contributed by atoms with Crippen molar-refractivity contribution in [1.29, 1.82) is 0 Å². The van der Waals surface area contributed by atoms with E-state index >= 15 is 0 Å². The van der Waals surface area contributed by atoms with Gasteiger partial charge in [0.1, 0.15) is 5.78 Å². The van der Waals surface area contributed by atoms with E-state index in [-0.39, 0.29) is 0 Å². The zero-order valence-electron chi connectivity index (χ0n) is 10.7. The summed E-state index contributed by atoms with van der Waals surface area (Å²) in [6, 6.07) is 0.604. The molecule has 2 nitrogen and oxygen atoms in total. The number of Topliss-reactive ketones (excluding diaryl/α,β-unsaturated/α-hetero) is 1. The lowest BCUT2D eigenvalue weighted by molar-refractivity contribution is -0.125. The molecule has 16 heavy (non-hydrogen) atoms. The van der Waals surface area contributed by atoms with Crippen LogP contribution in [0.3, 0.4) is 0 Å². The SMILES string of the molecule is CC(C1CC1)N(C)CC(=O)C1CCCCC1. The first-order chi connectivity index (χ1) is 7.68. The van der Waals surface area contributed by atoms with Crippen LogP contribution in [0.2, 0.25) is 0 Å². The van der Waals surface area contributed by atoms with Gasteiger partial charge in [0.25, 0.3) is 0 Å². The zero-order chi connectivity index (χ0) is 11.5. The van der Waals surface area contributed by atoms with E-state index in [9.17, 15) is 4.79 Å². The van der Waals surface area contributed by atoms with Crippen molar-refractivity contribution in [3.05, 3.63) is 0 Å². The van der Waals surface area contributed by atoms with Crippen LogP contribution in [0.5, 0.6) is 0 Å².